The van der Waals surface area contributed by atoms with Crippen LogP contribution >= 0.6 is 23.2 Å². The summed E-state index contributed by atoms with van der Waals surface area (Å²) in [7, 11) is 0. The van der Waals surface area contributed by atoms with Crippen LogP contribution in [0.25, 0.3) is 5.95 Å². The zero-order chi connectivity index (χ0) is 25.3. The van der Waals surface area contributed by atoms with Gasteiger partial charge in [-0.15, -0.1) is 0 Å². The molecule has 35 heavy (non-hydrogen) atoms. The molecule has 1 aliphatic heterocycles. The van der Waals surface area contributed by atoms with Crippen LogP contribution in [0.15, 0.2) is 36.9 Å². The van der Waals surface area contributed by atoms with Crippen molar-refractivity contribution in [2.24, 2.45) is 0 Å². The number of carbonyl (C=O) groups excluding carboxylic acids is 1. The predicted octanol–water partition coefficient (Wildman–Crippen LogP) is 4.54. The van der Waals surface area contributed by atoms with Crippen LogP contribution in [-0.4, -0.2) is 61.7 Å². The van der Waals surface area contributed by atoms with Crippen LogP contribution in [0.3, 0.4) is 0 Å². The van der Waals surface area contributed by atoms with Crippen LogP contribution in [0.4, 0.5) is 28.0 Å². The van der Waals surface area contributed by atoms with Crippen molar-refractivity contribution in [1.82, 2.24) is 29.6 Å². The highest BCUT2D eigenvalue weighted by atomic mass is 35.5. The Labute approximate surface area is 205 Å². The number of carbonyl (C=O) groups is 1. The molecule has 1 aliphatic rings. The number of ether oxygens (including phenoxy) is 2. The third-order valence-corrected chi connectivity index (χ3v) is 5.47. The Morgan fingerprint density at radius 1 is 1.11 bits per heavy atom. The molecule has 10 nitrogen and oxygen atoms in total. The molecular weight excluding hydrogens is 521 g/mol. The smallest absolute Gasteiger partial charge is 0.427 e. The summed E-state index contributed by atoms with van der Waals surface area (Å²) in [6.07, 6.45) is -4.65. The summed E-state index contributed by atoms with van der Waals surface area (Å²) in [6, 6.07) is 2.10. The third-order valence-electron chi connectivity index (χ3n) is 4.88. The predicted molar refractivity (Wildman–Crippen MR) is 114 cm³/mol. The maximum atomic E-state index is 13.5. The van der Waals surface area contributed by atoms with Gasteiger partial charge >= 0.3 is 18.6 Å². The van der Waals surface area contributed by atoms with Gasteiger partial charge in [-0.05, 0) is 19.1 Å². The lowest BCUT2D eigenvalue weighted by atomic mass is 10.2. The van der Waals surface area contributed by atoms with E-state index in [1.165, 1.54) is 28.3 Å². The van der Waals surface area contributed by atoms with Crippen LogP contribution in [0.1, 0.15) is 18.8 Å². The van der Waals surface area contributed by atoms with E-state index in [9.17, 15) is 22.4 Å². The molecular formula is C19H15Cl2F4N7O3. The molecule has 0 bridgehead atoms. The molecule has 4 rings (SSSR count). The number of rotatable bonds is 7. The highest BCUT2D eigenvalue weighted by Gasteiger charge is 2.45. The maximum Gasteiger partial charge on any atom is 0.461 e. The van der Waals surface area contributed by atoms with E-state index in [1.54, 1.807) is 13.0 Å². The monoisotopic (exact) mass is 535 g/mol. The first-order chi connectivity index (χ1) is 16.6. The van der Waals surface area contributed by atoms with Gasteiger partial charge in [0.2, 0.25) is 0 Å². The average molecular weight is 536 g/mol. The highest BCUT2D eigenvalue weighted by Crippen LogP contribution is 2.40. The van der Waals surface area contributed by atoms with E-state index < -0.39 is 35.4 Å². The molecule has 0 saturated carbocycles. The van der Waals surface area contributed by atoms with E-state index in [1.807, 2.05) is 0 Å². The number of urea groups is 1. The molecule has 1 unspecified atom stereocenters. The van der Waals surface area contributed by atoms with Crippen LogP contribution in [0.2, 0.25) is 10.0 Å². The molecule has 2 amide bonds. The van der Waals surface area contributed by atoms with Crippen molar-refractivity contribution >= 4 is 34.9 Å². The fourth-order valence-electron chi connectivity index (χ4n) is 3.17. The van der Waals surface area contributed by atoms with Crippen LogP contribution in [-0.2, 0) is 4.74 Å². The summed E-state index contributed by atoms with van der Waals surface area (Å²) in [5.41, 5.74) is -0.147. The second-order valence-corrected chi connectivity index (χ2v) is 7.91. The molecule has 1 aromatic carbocycles. The second-order valence-electron chi connectivity index (χ2n) is 7.10. The zero-order valence-electron chi connectivity index (χ0n) is 17.7. The van der Waals surface area contributed by atoms with Crippen molar-refractivity contribution in [2.45, 2.75) is 25.5 Å². The molecule has 0 aliphatic carbocycles. The Balaban J connectivity index is 1.63. The van der Waals surface area contributed by atoms with Gasteiger partial charge in [0, 0.05) is 18.5 Å². The van der Waals surface area contributed by atoms with Gasteiger partial charge in [0.05, 0.1) is 21.8 Å². The third kappa shape index (κ3) is 4.94. The number of anilines is 1. The lowest BCUT2D eigenvalue weighted by molar-refractivity contribution is -0.253. The average Bonchev–Trinajstić information content (AvgIpc) is 3.31. The summed E-state index contributed by atoms with van der Waals surface area (Å²) in [5.74, 6) is -0.273. The van der Waals surface area contributed by atoms with Crippen molar-refractivity contribution < 1.29 is 31.8 Å². The molecule has 0 N–H and O–H groups in total. The number of hydrogen-bond donors (Lipinski definition) is 0. The van der Waals surface area contributed by atoms with Gasteiger partial charge in [-0.2, -0.15) is 27.3 Å². The lowest BCUT2D eigenvalue weighted by Crippen LogP contribution is -2.52. The topological polar surface area (TPSA) is 98.5 Å². The SMILES string of the molecule is CC(c1ncnn1-c1ncccn1)N1COCN(c2cc(OC(F)(F)C(F)F)c(Cl)cc2Cl)C1=O. The molecule has 3 aromatic rings. The number of aromatic nitrogens is 5. The zero-order valence-corrected chi connectivity index (χ0v) is 19.2. The number of amides is 2. The van der Waals surface area contributed by atoms with Gasteiger partial charge in [0.1, 0.15) is 25.5 Å². The van der Waals surface area contributed by atoms with Crippen LogP contribution in [0.5, 0.6) is 5.75 Å². The molecule has 1 atom stereocenters. The van der Waals surface area contributed by atoms with E-state index in [0.717, 1.165) is 17.0 Å². The molecule has 0 radical (unpaired) electrons. The minimum Gasteiger partial charge on any atom is -0.427 e. The van der Waals surface area contributed by atoms with Crippen LogP contribution < -0.4 is 9.64 Å². The van der Waals surface area contributed by atoms with Gasteiger partial charge in [-0.1, -0.05) is 23.2 Å². The summed E-state index contributed by atoms with van der Waals surface area (Å²) < 4.78 is 63.1. The maximum absolute atomic E-state index is 13.5. The number of halogens is 6. The molecule has 3 heterocycles. The molecule has 16 heteroatoms. The van der Waals surface area contributed by atoms with Gasteiger partial charge in [-0.3, -0.25) is 9.80 Å². The Morgan fingerprint density at radius 3 is 2.51 bits per heavy atom. The quantitative estimate of drug-likeness (QED) is 0.409. The summed E-state index contributed by atoms with van der Waals surface area (Å²) in [5, 5.41) is 3.51. The molecule has 2 aromatic heterocycles. The summed E-state index contributed by atoms with van der Waals surface area (Å²) in [4.78, 5) is 28.0. The Hall–Kier alpha value is -3.23. The van der Waals surface area contributed by atoms with Crippen molar-refractivity contribution in [2.75, 3.05) is 18.4 Å². The highest BCUT2D eigenvalue weighted by molar-refractivity contribution is 6.37. The second kappa shape index (κ2) is 9.79. The number of hydrogen-bond acceptors (Lipinski definition) is 7. The van der Waals surface area contributed by atoms with Crippen LogP contribution in [0, 0.1) is 0 Å². The fourth-order valence-corrected chi connectivity index (χ4v) is 3.69. The van der Waals surface area contributed by atoms with E-state index in [-0.39, 0.29) is 30.1 Å². The Bertz CT molecular complexity index is 1220. The van der Waals surface area contributed by atoms with Gasteiger partial charge < -0.3 is 9.47 Å². The first kappa shape index (κ1) is 24.9. The van der Waals surface area contributed by atoms with Crippen molar-refractivity contribution in [3.63, 3.8) is 0 Å². The van der Waals surface area contributed by atoms with E-state index in [0.29, 0.717) is 5.82 Å². The summed E-state index contributed by atoms with van der Waals surface area (Å²) >= 11 is 12.0. The minimum absolute atomic E-state index is 0.130. The molecule has 186 valence electrons. The van der Waals surface area contributed by atoms with Crippen molar-refractivity contribution in [3.05, 3.63) is 52.8 Å². The van der Waals surface area contributed by atoms with Crippen molar-refractivity contribution in [3.8, 4) is 11.7 Å². The van der Waals surface area contributed by atoms with E-state index in [4.69, 9.17) is 27.9 Å². The van der Waals surface area contributed by atoms with Gasteiger partial charge in [0.25, 0.3) is 5.95 Å². The normalized spacial score (nSPS) is 15.6. The Kier molecular flexibility index (Phi) is 6.96. The molecule has 0 spiro atoms. The van der Waals surface area contributed by atoms with Gasteiger partial charge in [0.15, 0.2) is 5.82 Å². The van der Waals surface area contributed by atoms with Gasteiger partial charge in [-0.25, -0.2) is 19.7 Å². The van der Waals surface area contributed by atoms with E-state index >= 15 is 0 Å². The minimum atomic E-state index is -4.82. The first-order valence-electron chi connectivity index (χ1n) is 9.77. The molecule has 1 fully saturated rings. The van der Waals surface area contributed by atoms with E-state index in [2.05, 4.69) is 24.8 Å². The lowest BCUT2D eigenvalue weighted by Gasteiger charge is -2.38. The number of benzene rings is 1. The fraction of sp³-hybridized carbons (Fsp3) is 0.316. The first-order valence-corrected chi connectivity index (χ1v) is 10.5. The molecule has 1 saturated heterocycles. The summed E-state index contributed by atoms with van der Waals surface area (Å²) in [6.45, 7) is 1.18. The number of nitrogens with zero attached hydrogens (tertiary/aromatic N) is 7. The Morgan fingerprint density at radius 2 is 1.83 bits per heavy atom. The van der Waals surface area contributed by atoms with Crippen molar-refractivity contribution in [1.29, 1.82) is 0 Å². The standard InChI is InChI=1S/C19H15Cl2F4N7O3/c1-10(15-28-7-29-32(15)17-26-3-2-4-27-17)30-8-34-9-31(18(30)33)13-6-14(12(21)5-11(13)20)35-19(24,25)16(22)23/h2-7,10,16H,8-9H2,1H3. The largest absolute Gasteiger partial charge is 0.461 e. The number of alkyl halides is 4.